The lowest BCUT2D eigenvalue weighted by Crippen LogP contribution is -2.35. The molecule has 0 radical (unpaired) electrons. The van der Waals surface area contributed by atoms with Crippen molar-refractivity contribution in [2.75, 3.05) is 12.4 Å². The number of primary amides is 1. The summed E-state index contributed by atoms with van der Waals surface area (Å²) in [7, 11) is 0. The van der Waals surface area contributed by atoms with E-state index in [-0.39, 0.29) is 11.8 Å². The van der Waals surface area contributed by atoms with E-state index in [0.29, 0.717) is 23.3 Å². The lowest BCUT2D eigenvalue weighted by molar-refractivity contribution is -0.119. The average Bonchev–Trinajstić information content (AvgIpc) is 3.24. The number of thioether (sulfide) groups is 1. The number of urea groups is 1. The molecule has 0 aliphatic heterocycles. The molecule has 0 atom stereocenters. The van der Waals surface area contributed by atoms with Crippen molar-refractivity contribution in [1.29, 1.82) is 0 Å². The van der Waals surface area contributed by atoms with Gasteiger partial charge in [-0.3, -0.25) is 14.7 Å². The van der Waals surface area contributed by atoms with Gasteiger partial charge in [0.05, 0.1) is 6.61 Å². The van der Waals surface area contributed by atoms with Crippen molar-refractivity contribution in [3.63, 3.8) is 0 Å². The van der Waals surface area contributed by atoms with Crippen LogP contribution in [-0.4, -0.2) is 39.1 Å². The Hall–Kier alpha value is -3.33. The van der Waals surface area contributed by atoms with Gasteiger partial charge in [0.2, 0.25) is 5.91 Å². The molecule has 3 N–H and O–H groups in total. The van der Waals surface area contributed by atoms with E-state index in [0.717, 1.165) is 17.0 Å². The van der Waals surface area contributed by atoms with Crippen LogP contribution in [0.25, 0.3) is 17.1 Å². The minimum atomic E-state index is -0.858. The molecule has 2 aromatic carbocycles. The van der Waals surface area contributed by atoms with Crippen LogP contribution in [0.3, 0.4) is 0 Å². The van der Waals surface area contributed by atoms with Crippen LogP contribution in [0.4, 0.5) is 4.79 Å². The van der Waals surface area contributed by atoms with Crippen molar-refractivity contribution in [3.05, 3.63) is 54.1 Å². The first-order chi connectivity index (χ1) is 16.7. The van der Waals surface area contributed by atoms with E-state index in [2.05, 4.69) is 48.4 Å². The highest BCUT2D eigenvalue weighted by molar-refractivity contribution is 7.99. The van der Waals surface area contributed by atoms with Crippen LogP contribution in [0.15, 0.2) is 53.7 Å². The normalized spacial score (nSPS) is 10.8. The van der Waals surface area contributed by atoms with E-state index >= 15 is 0 Å². The van der Waals surface area contributed by atoms with Gasteiger partial charge in [0, 0.05) is 23.4 Å². The van der Waals surface area contributed by atoms with Crippen LogP contribution in [0.1, 0.15) is 53.5 Å². The van der Waals surface area contributed by atoms with E-state index in [1.807, 2.05) is 61.7 Å². The number of nitrogens with one attached hydrogen (secondary N) is 1. The third-order valence-electron chi connectivity index (χ3n) is 4.87. The number of benzene rings is 2. The predicted octanol–water partition coefficient (Wildman–Crippen LogP) is 5.33. The maximum absolute atomic E-state index is 11.8. The minimum Gasteiger partial charge on any atom is -0.494 e. The predicted molar refractivity (Wildman–Crippen MR) is 141 cm³/mol. The zero-order valence-corrected chi connectivity index (χ0v) is 22.1. The smallest absolute Gasteiger partial charge is 0.318 e. The largest absolute Gasteiger partial charge is 0.494 e. The lowest BCUT2D eigenvalue weighted by Gasteiger charge is -2.19. The third-order valence-corrected chi connectivity index (χ3v) is 5.80. The molecule has 8 nitrogen and oxygen atoms in total. The molecular formula is C26H35N5O3S. The Kier molecular flexibility index (Phi) is 10.3. The van der Waals surface area contributed by atoms with Crippen LogP contribution >= 0.6 is 11.8 Å². The Balaban J connectivity index is 0.00000210. The SMILES string of the molecule is CC.CCOc1ccc(-n2c(SCCC(=O)NC(N)=O)nnc2-c2ccc(C(C)(C)C)cc2)cc1. The average molecular weight is 498 g/mol. The summed E-state index contributed by atoms with van der Waals surface area (Å²) in [5.41, 5.74) is 8.09. The molecule has 3 aromatic rings. The van der Waals surface area contributed by atoms with Crippen LogP contribution < -0.4 is 15.8 Å². The summed E-state index contributed by atoms with van der Waals surface area (Å²) >= 11 is 1.38. The van der Waals surface area contributed by atoms with Crippen molar-refractivity contribution in [3.8, 4) is 22.8 Å². The Morgan fingerprint density at radius 2 is 1.66 bits per heavy atom. The maximum atomic E-state index is 11.8. The fourth-order valence-corrected chi connectivity index (χ4v) is 4.09. The number of aromatic nitrogens is 3. The molecule has 0 saturated heterocycles. The second-order valence-corrected chi connectivity index (χ2v) is 9.47. The zero-order chi connectivity index (χ0) is 26.0. The minimum absolute atomic E-state index is 0.0494. The summed E-state index contributed by atoms with van der Waals surface area (Å²) in [4.78, 5) is 22.6. The van der Waals surface area contributed by atoms with Gasteiger partial charge in [0.25, 0.3) is 0 Å². The Morgan fingerprint density at radius 3 is 2.20 bits per heavy atom. The van der Waals surface area contributed by atoms with E-state index in [1.165, 1.54) is 17.3 Å². The quantitative estimate of drug-likeness (QED) is 0.407. The molecule has 0 aliphatic rings. The van der Waals surface area contributed by atoms with Gasteiger partial charge in [-0.1, -0.05) is 70.6 Å². The van der Waals surface area contributed by atoms with Gasteiger partial charge in [-0.2, -0.15) is 0 Å². The van der Waals surface area contributed by atoms with E-state index in [9.17, 15) is 9.59 Å². The van der Waals surface area contributed by atoms with Gasteiger partial charge in [0.15, 0.2) is 11.0 Å². The molecule has 3 amide bonds. The monoisotopic (exact) mass is 497 g/mol. The molecule has 1 aromatic heterocycles. The molecule has 3 rings (SSSR count). The second kappa shape index (κ2) is 12.9. The molecule has 0 fully saturated rings. The topological polar surface area (TPSA) is 112 Å². The molecule has 9 heteroatoms. The molecule has 0 saturated carbocycles. The van der Waals surface area contributed by atoms with Crippen molar-refractivity contribution in [1.82, 2.24) is 20.1 Å². The molecule has 0 bridgehead atoms. The number of rotatable bonds is 8. The van der Waals surface area contributed by atoms with Gasteiger partial charge in [-0.05, 0) is 42.2 Å². The first-order valence-corrected chi connectivity index (χ1v) is 12.7. The standard InChI is InChI=1S/C24H29N5O3S.C2H6/c1-5-32-19-12-10-18(11-13-19)29-21(16-6-8-17(9-7-16)24(2,3)4)27-28-23(29)33-15-14-20(30)26-22(25)31;1-2/h6-13H,5,14-15H2,1-4H3,(H3,25,26,30,31);1-2H3. The first kappa shape index (κ1) is 27.9. The fourth-order valence-electron chi connectivity index (χ4n) is 3.20. The fraction of sp³-hybridized carbons (Fsp3) is 0.385. The molecular weight excluding hydrogens is 462 g/mol. The number of carbonyl (C=O) groups excluding carboxylic acids is 2. The van der Waals surface area contributed by atoms with E-state index in [4.69, 9.17) is 10.5 Å². The molecule has 0 spiro atoms. The number of hydrogen-bond acceptors (Lipinski definition) is 6. The molecule has 35 heavy (non-hydrogen) atoms. The Bertz CT molecular complexity index is 1100. The number of ether oxygens (including phenoxy) is 1. The molecule has 1 heterocycles. The summed E-state index contributed by atoms with van der Waals surface area (Å²) in [5.74, 6) is 1.46. The summed E-state index contributed by atoms with van der Waals surface area (Å²) in [5, 5.41) is 11.5. The highest BCUT2D eigenvalue weighted by Crippen LogP contribution is 2.31. The maximum Gasteiger partial charge on any atom is 0.318 e. The van der Waals surface area contributed by atoms with Gasteiger partial charge < -0.3 is 10.5 Å². The van der Waals surface area contributed by atoms with Crippen molar-refractivity contribution in [2.45, 2.75) is 58.5 Å². The lowest BCUT2D eigenvalue weighted by atomic mass is 9.87. The molecule has 188 valence electrons. The van der Waals surface area contributed by atoms with Gasteiger partial charge in [0.1, 0.15) is 5.75 Å². The van der Waals surface area contributed by atoms with Crippen molar-refractivity contribution >= 4 is 23.7 Å². The van der Waals surface area contributed by atoms with Crippen LogP contribution in [0.2, 0.25) is 0 Å². The second-order valence-electron chi connectivity index (χ2n) is 8.41. The first-order valence-electron chi connectivity index (χ1n) is 11.7. The third kappa shape index (κ3) is 7.85. The highest BCUT2D eigenvalue weighted by Gasteiger charge is 2.19. The number of carbonyl (C=O) groups is 2. The van der Waals surface area contributed by atoms with Gasteiger partial charge in [-0.15, -0.1) is 10.2 Å². The number of imide groups is 1. The summed E-state index contributed by atoms with van der Waals surface area (Å²) in [6.07, 6.45) is 0.124. The number of nitrogens with zero attached hydrogens (tertiary/aromatic N) is 3. The van der Waals surface area contributed by atoms with Crippen molar-refractivity contribution in [2.24, 2.45) is 5.73 Å². The van der Waals surface area contributed by atoms with E-state index in [1.54, 1.807) is 0 Å². The Morgan fingerprint density at radius 1 is 1.03 bits per heavy atom. The van der Waals surface area contributed by atoms with Crippen LogP contribution in [0.5, 0.6) is 5.75 Å². The summed E-state index contributed by atoms with van der Waals surface area (Å²) < 4.78 is 7.52. The highest BCUT2D eigenvalue weighted by atomic mass is 32.2. The summed E-state index contributed by atoms with van der Waals surface area (Å²) in [6.45, 7) is 13.1. The number of hydrogen-bond donors (Lipinski definition) is 2. The van der Waals surface area contributed by atoms with Crippen LogP contribution in [-0.2, 0) is 10.2 Å². The number of amides is 3. The van der Waals surface area contributed by atoms with Crippen molar-refractivity contribution < 1.29 is 14.3 Å². The van der Waals surface area contributed by atoms with Crippen LogP contribution in [0, 0.1) is 0 Å². The van der Waals surface area contributed by atoms with Gasteiger partial charge >= 0.3 is 6.03 Å². The molecule has 0 unspecified atom stereocenters. The zero-order valence-electron chi connectivity index (χ0n) is 21.3. The van der Waals surface area contributed by atoms with Gasteiger partial charge in [-0.25, -0.2) is 4.79 Å². The summed E-state index contributed by atoms with van der Waals surface area (Å²) in [6, 6.07) is 15.1. The number of nitrogens with two attached hydrogens (primary N) is 1. The Labute approximate surface area is 211 Å². The molecule has 0 aliphatic carbocycles. The van der Waals surface area contributed by atoms with E-state index < -0.39 is 11.9 Å².